The lowest BCUT2D eigenvalue weighted by Crippen LogP contribution is -2.05. The number of aromatic carboxylic acids is 1. The van der Waals surface area contributed by atoms with Crippen LogP contribution in [-0.4, -0.2) is 32.9 Å². The summed E-state index contributed by atoms with van der Waals surface area (Å²) in [5.41, 5.74) is -0.812. The van der Waals surface area contributed by atoms with Crippen LogP contribution in [0.4, 0.5) is 10.1 Å². The van der Waals surface area contributed by atoms with E-state index in [-0.39, 0.29) is 12.3 Å². The number of carbonyl (C=O) groups is 1. The molecule has 1 N–H and O–H groups in total. The molecule has 0 radical (unpaired) electrons. The van der Waals surface area contributed by atoms with E-state index in [1.807, 2.05) is 0 Å². The van der Waals surface area contributed by atoms with Crippen LogP contribution in [-0.2, 0) is 6.54 Å². The van der Waals surface area contributed by atoms with E-state index in [9.17, 15) is 19.3 Å². The Balaban J connectivity index is 2.31. The lowest BCUT2D eigenvalue weighted by Gasteiger charge is -2.05. The van der Waals surface area contributed by atoms with Crippen molar-refractivity contribution in [1.82, 2.24) is 9.78 Å². The van der Waals surface area contributed by atoms with Crippen molar-refractivity contribution in [2.75, 3.05) is 7.11 Å². The third kappa shape index (κ3) is 2.96. The number of hydrogen-bond donors (Lipinski definition) is 1. The van der Waals surface area contributed by atoms with E-state index in [0.29, 0.717) is 5.56 Å². The second-order valence-corrected chi connectivity index (χ2v) is 4.09. The molecular formula is C12H10FN3O5. The van der Waals surface area contributed by atoms with Crippen molar-refractivity contribution >= 4 is 11.7 Å². The van der Waals surface area contributed by atoms with E-state index in [4.69, 9.17) is 9.84 Å². The van der Waals surface area contributed by atoms with Gasteiger partial charge < -0.3 is 9.84 Å². The predicted molar refractivity (Wildman–Crippen MR) is 67.9 cm³/mol. The van der Waals surface area contributed by atoms with Crippen molar-refractivity contribution in [1.29, 1.82) is 0 Å². The smallest absolute Gasteiger partial charge is 0.363 e. The molecule has 0 saturated carbocycles. The standard InChI is InChI=1S/C12H10FN3O5/c1-21-10-3-2-7(4-8(10)13)5-15-6-9(16(19)20)11(14-15)12(17)18/h2-4,6H,5H2,1H3,(H,17,18). The molecule has 1 heterocycles. The van der Waals surface area contributed by atoms with Crippen LogP contribution in [0.3, 0.4) is 0 Å². The Morgan fingerprint density at radius 1 is 1.57 bits per heavy atom. The zero-order valence-corrected chi connectivity index (χ0v) is 10.8. The number of methoxy groups -OCH3 is 1. The molecule has 0 fully saturated rings. The minimum absolute atomic E-state index is 0.00493. The molecule has 0 spiro atoms. The van der Waals surface area contributed by atoms with Crippen LogP contribution in [0, 0.1) is 15.9 Å². The Labute approximate surface area is 117 Å². The summed E-state index contributed by atoms with van der Waals surface area (Å²) in [5, 5.41) is 23.2. The number of nitro groups is 1. The molecule has 2 aromatic rings. The fourth-order valence-electron chi connectivity index (χ4n) is 1.77. The number of ether oxygens (including phenoxy) is 1. The molecule has 9 heteroatoms. The summed E-state index contributed by atoms with van der Waals surface area (Å²) in [6.45, 7) is -0.00493. The molecule has 2 rings (SSSR count). The third-order valence-electron chi connectivity index (χ3n) is 2.70. The number of halogens is 1. The first-order chi connectivity index (χ1) is 9.92. The lowest BCUT2D eigenvalue weighted by atomic mass is 10.2. The van der Waals surface area contributed by atoms with Crippen molar-refractivity contribution in [2.24, 2.45) is 0 Å². The van der Waals surface area contributed by atoms with Crippen LogP contribution in [0.25, 0.3) is 0 Å². The molecule has 0 atom stereocenters. The summed E-state index contributed by atoms with van der Waals surface area (Å²) >= 11 is 0. The molecule has 0 bridgehead atoms. The number of aromatic nitrogens is 2. The summed E-state index contributed by atoms with van der Waals surface area (Å²) in [7, 11) is 1.33. The first-order valence-electron chi connectivity index (χ1n) is 5.70. The van der Waals surface area contributed by atoms with E-state index < -0.39 is 28.1 Å². The lowest BCUT2D eigenvalue weighted by molar-refractivity contribution is -0.385. The molecule has 1 aromatic carbocycles. The molecule has 110 valence electrons. The van der Waals surface area contributed by atoms with Crippen molar-refractivity contribution in [3.63, 3.8) is 0 Å². The fraction of sp³-hybridized carbons (Fsp3) is 0.167. The van der Waals surface area contributed by atoms with Crippen LogP contribution >= 0.6 is 0 Å². The SMILES string of the molecule is COc1ccc(Cn2cc([N+](=O)[O-])c(C(=O)O)n2)cc1F. The second kappa shape index (κ2) is 5.57. The first-order valence-corrected chi connectivity index (χ1v) is 5.70. The molecule has 0 aliphatic heterocycles. The average Bonchev–Trinajstić information content (AvgIpc) is 2.83. The normalized spacial score (nSPS) is 10.4. The van der Waals surface area contributed by atoms with Gasteiger partial charge >= 0.3 is 11.7 Å². The molecule has 0 amide bonds. The molecule has 1 aromatic heterocycles. The molecular weight excluding hydrogens is 285 g/mol. The van der Waals surface area contributed by atoms with E-state index in [1.165, 1.54) is 19.2 Å². The van der Waals surface area contributed by atoms with Crippen LogP contribution in [0.15, 0.2) is 24.4 Å². The van der Waals surface area contributed by atoms with E-state index in [0.717, 1.165) is 10.9 Å². The van der Waals surface area contributed by atoms with Crippen LogP contribution in [0.2, 0.25) is 0 Å². The molecule has 0 unspecified atom stereocenters. The van der Waals surface area contributed by atoms with Crippen LogP contribution in [0.5, 0.6) is 5.75 Å². The van der Waals surface area contributed by atoms with Gasteiger partial charge in [0.1, 0.15) is 6.20 Å². The quantitative estimate of drug-likeness (QED) is 0.664. The number of carboxylic acids is 1. The molecule has 0 aliphatic rings. The number of nitrogens with zero attached hydrogens (tertiary/aromatic N) is 3. The van der Waals surface area contributed by atoms with Gasteiger partial charge in [0.15, 0.2) is 11.6 Å². The second-order valence-electron chi connectivity index (χ2n) is 4.09. The average molecular weight is 295 g/mol. The molecule has 0 aliphatic carbocycles. The van der Waals surface area contributed by atoms with Crippen molar-refractivity contribution < 1.29 is 24.0 Å². The fourth-order valence-corrected chi connectivity index (χ4v) is 1.77. The van der Waals surface area contributed by atoms with Gasteiger partial charge in [-0.2, -0.15) is 5.10 Å². The first kappa shape index (κ1) is 14.4. The minimum atomic E-state index is -1.50. The van der Waals surface area contributed by atoms with Gasteiger partial charge in [0, 0.05) is 0 Å². The van der Waals surface area contributed by atoms with Gasteiger partial charge in [-0.1, -0.05) is 6.07 Å². The van der Waals surface area contributed by atoms with Gasteiger partial charge in [-0.25, -0.2) is 9.18 Å². The largest absolute Gasteiger partial charge is 0.494 e. The third-order valence-corrected chi connectivity index (χ3v) is 2.70. The maximum Gasteiger partial charge on any atom is 0.363 e. The maximum atomic E-state index is 13.5. The highest BCUT2D eigenvalue weighted by atomic mass is 19.1. The van der Waals surface area contributed by atoms with E-state index in [2.05, 4.69) is 5.10 Å². The summed E-state index contributed by atoms with van der Waals surface area (Å²) in [6, 6.07) is 4.14. The van der Waals surface area contributed by atoms with Crippen LogP contribution in [0.1, 0.15) is 16.1 Å². The van der Waals surface area contributed by atoms with Gasteiger partial charge in [0.05, 0.1) is 18.6 Å². The summed E-state index contributed by atoms with van der Waals surface area (Å²) in [6.07, 6.45) is 0.992. The highest BCUT2D eigenvalue weighted by Gasteiger charge is 2.25. The molecule has 21 heavy (non-hydrogen) atoms. The van der Waals surface area contributed by atoms with Gasteiger partial charge in [0.2, 0.25) is 5.69 Å². The van der Waals surface area contributed by atoms with Gasteiger partial charge in [-0.15, -0.1) is 0 Å². The van der Waals surface area contributed by atoms with Crippen molar-refractivity contribution in [3.8, 4) is 5.75 Å². The predicted octanol–water partition coefficient (Wildman–Crippen LogP) is 1.69. The maximum absolute atomic E-state index is 13.5. The number of hydrogen-bond acceptors (Lipinski definition) is 5. The van der Waals surface area contributed by atoms with Crippen molar-refractivity contribution in [2.45, 2.75) is 6.54 Å². The number of carboxylic acid groups (broad SMARTS) is 1. The Bertz CT molecular complexity index is 681. The summed E-state index contributed by atoms with van der Waals surface area (Å²) < 4.78 is 19.4. The summed E-state index contributed by atoms with van der Waals surface area (Å²) in [5.74, 6) is -2.02. The van der Waals surface area contributed by atoms with Gasteiger partial charge in [-0.3, -0.25) is 14.8 Å². The van der Waals surface area contributed by atoms with E-state index >= 15 is 0 Å². The monoisotopic (exact) mass is 295 g/mol. The highest BCUT2D eigenvalue weighted by Crippen LogP contribution is 2.20. The number of benzene rings is 1. The Kier molecular flexibility index (Phi) is 3.83. The van der Waals surface area contributed by atoms with Crippen molar-refractivity contribution in [3.05, 3.63) is 51.6 Å². The Morgan fingerprint density at radius 2 is 2.29 bits per heavy atom. The highest BCUT2D eigenvalue weighted by molar-refractivity contribution is 5.89. The van der Waals surface area contributed by atoms with E-state index in [1.54, 1.807) is 6.07 Å². The zero-order chi connectivity index (χ0) is 15.6. The van der Waals surface area contributed by atoms with Crippen LogP contribution < -0.4 is 4.74 Å². The topological polar surface area (TPSA) is 107 Å². The number of rotatable bonds is 5. The zero-order valence-electron chi connectivity index (χ0n) is 10.8. The molecule has 8 nitrogen and oxygen atoms in total. The minimum Gasteiger partial charge on any atom is -0.494 e. The Morgan fingerprint density at radius 3 is 2.76 bits per heavy atom. The van der Waals surface area contributed by atoms with Gasteiger partial charge in [-0.05, 0) is 17.7 Å². The summed E-state index contributed by atoms with van der Waals surface area (Å²) in [4.78, 5) is 20.8. The Hall–Kier alpha value is -2.97. The van der Waals surface area contributed by atoms with Gasteiger partial charge in [0.25, 0.3) is 0 Å². The molecule has 0 saturated heterocycles.